The third-order valence-electron chi connectivity index (χ3n) is 4.24. The Morgan fingerprint density at radius 2 is 2.05 bits per heavy atom. The molecule has 1 aromatic rings. The van der Waals surface area contributed by atoms with Crippen LogP contribution in [0.25, 0.3) is 0 Å². The van der Waals surface area contributed by atoms with Gasteiger partial charge in [-0.15, -0.1) is 0 Å². The summed E-state index contributed by atoms with van der Waals surface area (Å²) in [6.45, 7) is 2.72. The van der Waals surface area contributed by atoms with Crippen molar-refractivity contribution >= 4 is 11.8 Å². The fourth-order valence-corrected chi connectivity index (χ4v) is 2.95. The van der Waals surface area contributed by atoms with E-state index in [-0.39, 0.29) is 29.6 Å². The summed E-state index contributed by atoms with van der Waals surface area (Å²) in [6, 6.07) is 5.72. The van der Waals surface area contributed by atoms with Crippen LogP contribution in [0.4, 0.5) is 4.39 Å². The maximum absolute atomic E-state index is 13.1. The highest BCUT2D eigenvalue weighted by molar-refractivity contribution is 5.84. The number of benzene rings is 1. The molecule has 0 bridgehead atoms. The van der Waals surface area contributed by atoms with Crippen molar-refractivity contribution in [2.45, 2.75) is 38.6 Å². The van der Waals surface area contributed by atoms with Crippen LogP contribution in [0.1, 0.15) is 44.2 Å². The molecule has 22 heavy (non-hydrogen) atoms. The van der Waals surface area contributed by atoms with E-state index in [9.17, 15) is 14.0 Å². The quantitative estimate of drug-likeness (QED) is 0.850. The molecule has 0 radical (unpaired) electrons. The number of likely N-dealkylation sites (tertiary alicyclic amines) is 1. The van der Waals surface area contributed by atoms with Crippen molar-refractivity contribution < 1.29 is 14.0 Å². The molecule has 2 atom stereocenters. The first-order chi connectivity index (χ1) is 10.5. The minimum absolute atomic E-state index is 0.0203. The summed E-state index contributed by atoms with van der Waals surface area (Å²) in [5.41, 5.74) is 0.799. The molecule has 1 saturated heterocycles. The smallest absolute Gasteiger partial charge is 0.225 e. The molecule has 0 unspecified atom stereocenters. The second-order valence-corrected chi connectivity index (χ2v) is 5.79. The van der Waals surface area contributed by atoms with Gasteiger partial charge in [-0.05, 0) is 30.5 Å². The highest BCUT2D eigenvalue weighted by Gasteiger charge is 2.38. The lowest BCUT2D eigenvalue weighted by Gasteiger charge is -2.38. The van der Waals surface area contributed by atoms with Crippen LogP contribution in [0.5, 0.6) is 0 Å². The number of amides is 2. The fourth-order valence-electron chi connectivity index (χ4n) is 2.95. The Labute approximate surface area is 130 Å². The van der Waals surface area contributed by atoms with Crippen molar-refractivity contribution in [3.63, 3.8) is 0 Å². The zero-order valence-electron chi connectivity index (χ0n) is 13.1. The average Bonchev–Trinajstić information content (AvgIpc) is 2.51. The first-order valence-corrected chi connectivity index (χ1v) is 7.83. The van der Waals surface area contributed by atoms with Gasteiger partial charge in [0.05, 0.1) is 12.0 Å². The zero-order valence-corrected chi connectivity index (χ0v) is 13.1. The van der Waals surface area contributed by atoms with Gasteiger partial charge in [-0.1, -0.05) is 25.5 Å². The molecular formula is C17H23FN2O2. The molecule has 4 nitrogen and oxygen atoms in total. The maximum Gasteiger partial charge on any atom is 0.225 e. The Kier molecular flexibility index (Phi) is 5.52. The van der Waals surface area contributed by atoms with Crippen LogP contribution in [0.2, 0.25) is 0 Å². The molecule has 0 aliphatic carbocycles. The van der Waals surface area contributed by atoms with Gasteiger partial charge in [-0.2, -0.15) is 0 Å². The van der Waals surface area contributed by atoms with Crippen molar-refractivity contribution in [2.75, 3.05) is 13.6 Å². The van der Waals surface area contributed by atoms with Gasteiger partial charge in [0.15, 0.2) is 0 Å². The Morgan fingerprint density at radius 1 is 1.36 bits per heavy atom. The summed E-state index contributed by atoms with van der Waals surface area (Å²) in [6.07, 6.45) is 2.86. The van der Waals surface area contributed by atoms with E-state index in [0.29, 0.717) is 19.4 Å². The number of hydrogen-bond acceptors (Lipinski definition) is 2. The van der Waals surface area contributed by atoms with E-state index in [1.807, 2.05) is 0 Å². The van der Waals surface area contributed by atoms with E-state index in [2.05, 4.69) is 12.2 Å². The van der Waals surface area contributed by atoms with Gasteiger partial charge < -0.3 is 10.2 Å². The number of carbonyl (C=O) groups is 2. The molecule has 1 fully saturated rings. The van der Waals surface area contributed by atoms with Crippen LogP contribution in [0, 0.1) is 11.7 Å². The average molecular weight is 306 g/mol. The Morgan fingerprint density at radius 3 is 2.68 bits per heavy atom. The van der Waals surface area contributed by atoms with Crippen LogP contribution >= 0.6 is 0 Å². The normalized spacial score (nSPS) is 21.8. The lowest BCUT2D eigenvalue weighted by atomic mass is 9.84. The molecule has 0 spiro atoms. The van der Waals surface area contributed by atoms with Crippen LogP contribution in [0.3, 0.4) is 0 Å². The molecule has 1 aliphatic rings. The van der Waals surface area contributed by atoms with Crippen LogP contribution in [0.15, 0.2) is 24.3 Å². The summed E-state index contributed by atoms with van der Waals surface area (Å²) in [4.78, 5) is 26.1. The largest absolute Gasteiger partial charge is 0.356 e. The van der Waals surface area contributed by atoms with Gasteiger partial charge in [0.25, 0.3) is 0 Å². The number of piperidine rings is 1. The van der Waals surface area contributed by atoms with Crippen molar-refractivity contribution in [2.24, 2.45) is 5.92 Å². The molecule has 120 valence electrons. The fraction of sp³-hybridized carbons (Fsp3) is 0.529. The van der Waals surface area contributed by atoms with E-state index in [0.717, 1.165) is 18.4 Å². The monoisotopic (exact) mass is 306 g/mol. The second kappa shape index (κ2) is 7.38. The number of hydrogen-bond donors (Lipinski definition) is 1. The third-order valence-corrected chi connectivity index (χ3v) is 4.24. The van der Waals surface area contributed by atoms with Crippen LogP contribution in [-0.2, 0) is 9.59 Å². The van der Waals surface area contributed by atoms with E-state index in [4.69, 9.17) is 0 Å². The van der Waals surface area contributed by atoms with Gasteiger partial charge >= 0.3 is 0 Å². The molecule has 0 aromatic heterocycles. The first-order valence-electron chi connectivity index (χ1n) is 7.83. The number of carbonyl (C=O) groups excluding carboxylic acids is 2. The first kappa shape index (κ1) is 16.5. The SMILES string of the molecule is CCCCNC(=O)[C@H]1CCC(=O)N(C)[C@H]1c1ccc(F)cc1. The minimum Gasteiger partial charge on any atom is -0.356 e. The Balaban J connectivity index is 2.20. The van der Waals surface area contributed by atoms with Gasteiger partial charge in [0, 0.05) is 20.0 Å². The van der Waals surface area contributed by atoms with Crippen molar-refractivity contribution in [3.05, 3.63) is 35.6 Å². The standard InChI is InChI=1S/C17H23FN2O2/c1-3-4-11-19-17(22)14-9-10-15(21)20(2)16(14)12-5-7-13(18)8-6-12/h5-8,14,16H,3-4,9-11H2,1-2H3,(H,19,22)/t14-,16-/m0/s1. The summed E-state index contributed by atoms with van der Waals surface area (Å²) in [7, 11) is 1.71. The number of nitrogens with zero attached hydrogens (tertiary/aromatic N) is 1. The van der Waals surface area contributed by atoms with Crippen molar-refractivity contribution in [3.8, 4) is 0 Å². The maximum atomic E-state index is 13.1. The minimum atomic E-state index is -0.330. The Hall–Kier alpha value is -1.91. The number of halogens is 1. The van der Waals surface area contributed by atoms with Gasteiger partial charge in [-0.25, -0.2) is 4.39 Å². The molecule has 1 aliphatic heterocycles. The van der Waals surface area contributed by atoms with Crippen molar-refractivity contribution in [1.82, 2.24) is 10.2 Å². The van der Waals surface area contributed by atoms with Gasteiger partial charge in [-0.3, -0.25) is 9.59 Å². The van der Waals surface area contributed by atoms with Crippen molar-refractivity contribution in [1.29, 1.82) is 0 Å². The summed E-state index contributed by atoms with van der Waals surface area (Å²) in [5, 5.41) is 2.95. The summed E-state index contributed by atoms with van der Waals surface area (Å²) >= 11 is 0. The second-order valence-electron chi connectivity index (χ2n) is 5.79. The zero-order chi connectivity index (χ0) is 16.1. The molecule has 1 N–H and O–H groups in total. The van der Waals surface area contributed by atoms with E-state index in [1.165, 1.54) is 12.1 Å². The molecule has 1 heterocycles. The van der Waals surface area contributed by atoms with E-state index < -0.39 is 0 Å². The molecule has 1 aromatic carbocycles. The van der Waals surface area contributed by atoms with E-state index >= 15 is 0 Å². The lowest BCUT2D eigenvalue weighted by Crippen LogP contribution is -2.46. The molecule has 2 amide bonds. The highest BCUT2D eigenvalue weighted by Crippen LogP contribution is 2.35. The number of unbranched alkanes of at least 4 members (excludes halogenated alkanes) is 1. The van der Waals surface area contributed by atoms with E-state index in [1.54, 1.807) is 24.1 Å². The van der Waals surface area contributed by atoms with Gasteiger partial charge in [0.2, 0.25) is 11.8 Å². The summed E-state index contributed by atoms with van der Waals surface area (Å²) < 4.78 is 13.1. The molecule has 5 heteroatoms. The predicted octanol–water partition coefficient (Wildman–Crippen LogP) is 2.65. The Bertz CT molecular complexity index is 530. The highest BCUT2D eigenvalue weighted by atomic mass is 19.1. The topological polar surface area (TPSA) is 49.4 Å². The molecular weight excluding hydrogens is 283 g/mol. The van der Waals surface area contributed by atoms with Crippen LogP contribution in [-0.4, -0.2) is 30.3 Å². The molecule has 2 rings (SSSR count). The molecule has 0 saturated carbocycles. The number of rotatable bonds is 5. The lowest BCUT2D eigenvalue weighted by molar-refractivity contribution is -0.141. The predicted molar refractivity (Wildman–Crippen MR) is 82.6 cm³/mol. The van der Waals surface area contributed by atoms with Crippen LogP contribution < -0.4 is 5.32 Å². The third kappa shape index (κ3) is 3.64. The van der Waals surface area contributed by atoms with Gasteiger partial charge in [0.1, 0.15) is 5.82 Å². The number of nitrogens with one attached hydrogen (secondary N) is 1. The summed E-state index contributed by atoms with van der Waals surface area (Å²) in [5.74, 6) is -0.614.